The quantitative estimate of drug-likeness (QED) is 0.694. The fraction of sp³-hybridized carbons (Fsp3) is 0.333. The number of nitrogens with one attached hydrogen (secondary N) is 1. The number of carbonyl (C=O) groups excluding carboxylic acids is 1. The molecule has 4 heteroatoms. The van der Waals surface area contributed by atoms with Gasteiger partial charge in [-0.3, -0.25) is 4.79 Å². The molecule has 0 aliphatic carbocycles. The van der Waals surface area contributed by atoms with Crippen molar-refractivity contribution in [2.24, 2.45) is 0 Å². The van der Waals surface area contributed by atoms with E-state index < -0.39 is 0 Å². The van der Waals surface area contributed by atoms with Gasteiger partial charge in [-0.15, -0.1) is 0 Å². The lowest BCUT2D eigenvalue weighted by Crippen LogP contribution is -2.10. The number of nitrogens with zero attached hydrogens (tertiary/aromatic N) is 1. The number of hydrogen-bond donors (Lipinski definition) is 1. The number of aromatic nitrogens is 2. The van der Waals surface area contributed by atoms with E-state index in [-0.39, 0.29) is 5.78 Å². The molecule has 0 saturated heterocycles. The van der Waals surface area contributed by atoms with E-state index >= 15 is 0 Å². The maximum absolute atomic E-state index is 11.6. The summed E-state index contributed by atoms with van der Waals surface area (Å²) in [4.78, 5) is 18.3. The minimum Gasteiger partial charge on any atom is -0.501 e. The summed E-state index contributed by atoms with van der Waals surface area (Å²) in [6.45, 7) is 0.703. The maximum Gasteiger partial charge on any atom is 0.227 e. The molecule has 0 fully saturated rings. The molecule has 1 aliphatic rings. The highest BCUT2D eigenvalue weighted by molar-refractivity contribution is 6.05. The van der Waals surface area contributed by atoms with E-state index in [1.807, 2.05) is 0 Å². The zero-order valence-corrected chi connectivity index (χ0v) is 7.12. The van der Waals surface area contributed by atoms with Gasteiger partial charge in [0.15, 0.2) is 5.82 Å². The average molecular weight is 178 g/mol. The number of rotatable bonds is 2. The lowest BCUT2D eigenvalue weighted by molar-refractivity contribution is 0.100. The molecule has 0 aromatic carbocycles. The van der Waals surface area contributed by atoms with Gasteiger partial charge in [0.1, 0.15) is 0 Å². The molecule has 0 radical (unpaired) electrons. The Bertz CT molecular complexity index is 327. The lowest BCUT2D eigenvalue weighted by atomic mass is 10.1. The number of aromatic amines is 1. The van der Waals surface area contributed by atoms with Crippen LogP contribution in [0.3, 0.4) is 0 Å². The van der Waals surface area contributed by atoms with Crippen LogP contribution in [0.5, 0.6) is 0 Å². The Morgan fingerprint density at radius 2 is 2.54 bits per heavy atom. The summed E-state index contributed by atoms with van der Waals surface area (Å²) >= 11 is 0. The Morgan fingerprint density at radius 3 is 3.15 bits per heavy atom. The molecular weight excluding hydrogens is 168 g/mol. The predicted molar refractivity (Wildman–Crippen MR) is 46.2 cm³/mol. The van der Waals surface area contributed by atoms with Crippen molar-refractivity contribution in [3.05, 3.63) is 30.1 Å². The first kappa shape index (κ1) is 8.04. The van der Waals surface area contributed by atoms with Crippen molar-refractivity contribution >= 4 is 5.78 Å². The molecule has 2 heterocycles. The van der Waals surface area contributed by atoms with E-state index in [9.17, 15) is 4.79 Å². The summed E-state index contributed by atoms with van der Waals surface area (Å²) < 4.78 is 5.08. The van der Waals surface area contributed by atoms with Crippen LogP contribution in [-0.2, 0) is 4.74 Å². The molecule has 2 rings (SSSR count). The van der Waals surface area contributed by atoms with Gasteiger partial charge in [-0.05, 0) is 12.8 Å². The van der Waals surface area contributed by atoms with E-state index in [0.29, 0.717) is 18.0 Å². The number of allylic oxidation sites excluding steroid dienone is 1. The summed E-state index contributed by atoms with van der Waals surface area (Å²) in [5.74, 6) is 0.321. The minimum absolute atomic E-state index is 0.0651. The number of ketones is 1. The predicted octanol–water partition coefficient (Wildman–Crippen LogP) is 1.29. The zero-order chi connectivity index (χ0) is 9.10. The van der Waals surface area contributed by atoms with Crippen molar-refractivity contribution in [2.45, 2.75) is 12.8 Å². The highest BCUT2D eigenvalue weighted by Gasteiger charge is 2.16. The van der Waals surface area contributed by atoms with Crippen LogP contribution in [0.4, 0.5) is 0 Å². The smallest absolute Gasteiger partial charge is 0.227 e. The minimum atomic E-state index is -0.0651. The third kappa shape index (κ3) is 1.61. The first-order valence-electron chi connectivity index (χ1n) is 4.22. The molecule has 0 atom stereocenters. The van der Waals surface area contributed by atoms with Gasteiger partial charge in [-0.25, -0.2) is 4.98 Å². The summed E-state index contributed by atoms with van der Waals surface area (Å²) in [5, 5.41) is 0. The molecule has 0 spiro atoms. The van der Waals surface area contributed by atoms with Gasteiger partial charge in [-0.2, -0.15) is 0 Å². The molecule has 1 aliphatic heterocycles. The molecule has 0 amide bonds. The van der Waals surface area contributed by atoms with E-state index in [1.165, 1.54) is 6.26 Å². The molecular formula is C9H10N2O2. The normalized spacial score (nSPS) is 16.2. The van der Waals surface area contributed by atoms with E-state index in [2.05, 4.69) is 9.97 Å². The second-order valence-electron chi connectivity index (χ2n) is 2.88. The monoisotopic (exact) mass is 178 g/mol. The molecule has 1 N–H and O–H groups in total. The van der Waals surface area contributed by atoms with Crippen LogP contribution in [-0.4, -0.2) is 22.4 Å². The van der Waals surface area contributed by atoms with Crippen LogP contribution in [0.25, 0.3) is 0 Å². The fourth-order valence-electron chi connectivity index (χ4n) is 1.27. The van der Waals surface area contributed by atoms with E-state index in [4.69, 9.17) is 4.74 Å². The molecule has 0 unspecified atom stereocenters. The van der Waals surface area contributed by atoms with Gasteiger partial charge < -0.3 is 9.72 Å². The Kier molecular flexibility index (Phi) is 2.12. The van der Waals surface area contributed by atoms with Crippen molar-refractivity contribution in [2.75, 3.05) is 6.61 Å². The SMILES string of the molecule is O=C(C1=COCCC1)c1ncc[nH]1. The van der Waals surface area contributed by atoms with Crippen LogP contribution in [0, 0.1) is 0 Å². The number of H-pyrrole nitrogens is 1. The van der Waals surface area contributed by atoms with Crippen molar-refractivity contribution < 1.29 is 9.53 Å². The lowest BCUT2D eigenvalue weighted by Gasteiger charge is -2.10. The fourth-order valence-corrected chi connectivity index (χ4v) is 1.27. The van der Waals surface area contributed by atoms with E-state index in [1.54, 1.807) is 12.4 Å². The average Bonchev–Trinajstić information content (AvgIpc) is 2.71. The van der Waals surface area contributed by atoms with Crippen LogP contribution >= 0.6 is 0 Å². The van der Waals surface area contributed by atoms with E-state index in [0.717, 1.165) is 12.8 Å². The van der Waals surface area contributed by atoms with Crippen molar-refractivity contribution in [3.8, 4) is 0 Å². The van der Waals surface area contributed by atoms with Crippen LogP contribution < -0.4 is 0 Å². The standard InChI is InChI=1S/C9H10N2O2/c12-8(9-10-3-4-11-9)7-2-1-5-13-6-7/h3-4,6H,1-2,5H2,(H,10,11). The van der Waals surface area contributed by atoms with Crippen molar-refractivity contribution in [1.82, 2.24) is 9.97 Å². The van der Waals surface area contributed by atoms with Gasteiger partial charge in [0.2, 0.25) is 5.78 Å². The zero-order valence-electron chi connectivity index (χ0n) is 7.12. The molecule has 0 bridgehead atoms. The largest absolute Gasteiger partial charge is 0.501 e. The first-order chi connectivity index (χ1) is 6.38. The van der Waals surface area contributed by atoms with Gasteiger partial charge in [-0.1, -0.05) is 0 Å². The summed E-state index contributed by atoms with van der Waals surface area (Å²) in [6, 6.07) is 0. The summed E-state index contributed by atoms with van der Waals surface area (Å²) in [7, 11) is 0. The third-order valence-corrected chi connectivity index (χ3v) is 1.94. The highest BCUT2D eigenvalue weighted by Crippen LogP contribution is 2.15. The Hall–Kier alpha value is -1.58. The summed E-state index contributed by atoms with van der Waals surface area (Å²) in [5.41, 5.74) is 0.696. The van der Waals surface area contributed by atoms with Gasteiger partial charge in [0.25, 0.3) is 0 Å². The number of Topliss-reactive ketones (excluding diaryl/α,β-unsaturated/α-hetero) is 1. The van der Waals surface area contributed by atoms with Crippen molar-refractivity contribution in [3.63, 3.8) is 0 Å². The Labute approximate surface area is 75.6 Å². The highest BCUT2D eigenvalue weighted by atomic mass is 16.5. The van der Waals surface area contributed by atoms with Gasteiger partial charge in [0, 0.05) is 18.0 Å². The number of ether oxygens (including phenoxy) is 1. The Balaban J connectivity index is 2.17. The summed E-state index contributed by atoms with van der Waals surface area (Å²) in [6.07, 6.45) is 6.42. The topological polar surface area (TPSA) is 55.0 Å². The number of carbonyl (C=O) groups is 1. The molecule has 13 heavy (non-hydrogen) atoms. The second-order valence-corrected chi connectivity index (χ2v) is 2.88. The molecule has 0 saturated carbocycles. The van der Waals surface area contributed by atoms with Crippen LogP contribution in [0.1, 0.15) is 23.5 Å². The second kappa shape index (κ2) is 3.43. The molecule has 1 aromatic heterocycles. The van der Waals surface area contributed by atoms with Gasteiger partial charge in [0.05, 0.1) is 12.9 Å². The molecule has 4 nitrogen and oxygen atoms in total. The maximum atomic E-state index is 11.6. The number of imidazole rings is 1. The van der Waals surface area contributed by atoms with Crippen LogP contribution in [0.2, 0.25) is 0 Å². The molecule has 68 valence electrons. The Morgan fingerprint density at radius 1 is 1.62 bits per heavy atom. The number of hydrogen-bond acceptors (Lipinski definition) is 3. The van der Waals surface area contributed by atoms with Crippen LogP contribution in [0.15, 0.2) is 24.2 Å². The third-order valence-electron chi connectivity index (χ3n) is 1.94. The van der Waals surface area contributed by atoms with Gasteiger partial charge >= 0.3 is 0 Å². The first-order valence-corrected chi connectivity index (χ1v) is 4.22. The van der Waals surface area contributed by atoms with Crippen molar-refractivity contribution in [1.29, 1.82) is 0 Å². The molecule has 1 aromatic rings.